The molecule has 1 aromatic rings. The Balaban J connectivity index is 2.07. The van der Waals surface area contributed by atoms with Gasteiger partial charge in [0, 0.05) is 19.1 Å². The number of piperidine rings is 1. The van der Waals surface area contributed by atoms with Crippen LogP contribution in [0.4, 0.5) is 0 Å². The van der Waals surface area contributed by atoms with Crippen LogP contribution in [0.3, 0.4) is 0 Å². The number of amides is 1. The Morgan fingerprint density at radius 1 is 1.39 bits per heavy atom. The Bertz CT molecular complexity index is 398. The van der Waals surface area contributed by atoms with E-state index in [1.807, 2.05) is 18.2 Å². The van der Waals surface area contributed by atoms with E-state index in [9.17, 15) is 9.90 Å². The smallest absolute Gasteiger partial charge is 0.256 e. The number of hydrogen-bond acceptors (Lipinski definition) is 3. The number of nitrogens with two attached hydrogens (primary N) is 1. The Morgan fingerprint density at radius 3 is 2.67 bits per heavy atom. The molecule has 0 aromatic heterocycles. The number of carbonyl (C=O) groups excluding carboxylic acids is 1. The molecule has 0 aliphatic carbocycles. The van der Waals surface area contributed by atoms with Gasteiger partial charge in [-0.2, -0.15) is 0 Å². The highest BCUT2D eigenvalue weighted by Gasteiger charge is 2.29. The second-order valence-electron chi connectivity index (χ2n) is 5.16. The van der Waals surface area contributed by atoms with Crippen LogP contribution in [-0.4, -0.2) is 35.0 Å². The van der Waals surface area contributed by atoms with Gasteiger partial charge in [0.2, 0.25) is 0 Å². The number of aliphatic hydroxyl groups excluding tert-OH is 1. The number of aliphatic hydroxyl groups is 1. The molecule has 4 heteroatoms. The first-order chi connectivity index (χ1) is 8.58. The quantitative estimate of drug-likeness (QED) is 0.817. The molecule has 2 rings (SSSR count). The second kappa shape index (κ2) is 5.50. The number of likely N-dealkylation sites (tertiary alicyclic amines) is 1. The Labute approximate surface area is 107 Å². The SMILES string of the molecule is CC1CC(N)CN(C(=O)C(O)c2ccccc2)C1. The van der Waals surface area contributed by atoms with Crippen molar-refractivity contribution < 1.29 is 9.90 Å². The lowest BCUT2D eigenvalue weighted by atomic mass is 9.95. The Kier molecular flexibility index (Phi) is 3.99. The maximum Gasteiger partial charge on any atom is 0.256 e. The van der Waals surface area contributed by atoms with Gasteiger partial charge in [-0.15, -0.1) is 0 Å². The third-order valence-electron chi connectivity index (χ3n) is 3.35. The molecule has 98 valence electrons. The van der Waals surface area contributed by atoms with Gasteiger partial charge in [0.15, 0.2) is 6.10 Å². The fourth-order valence-electron chi connectivity index (χ4n) is 2.53. The van der Waals surface area contributed by atoms with E-state index in [4.69, 9.17) is 5.73 Å². The average Bonchev–Trinajstić information content (AvgIpc) is 2.37. The summed E-state index contributed by atoms with van der Waals surface area (Å²) in [6.07, 6.45) is -0.144. The molecule has 0 bridgehead atoms. The summed E-state index contributed by atoms with van der Waals surface area (Å²) in [6.45, 7) is 3.29. The van der Waals surface area contributed by atoms with Crippen molar-refractivity contribution in [1.29, 1.82) is 0 Å². The number of hydrogen-bond donors (Lipinski definition) is 2. The standard InChI is InChI=1S/C14H20N2O2/c1-10-7-12(15)9-16(8-10)14(18)13(17)11-5-3-2-4-6-11/h2-6,10,12-13,17H,7-9,15H2,1H3. The molecular weight excluding hydrogens is 228 g/mol. The fraction of sp³-hybridized carbons (Fsp3) is 0.500. The molecule has 3 atom stereocenters. The van der Waals surface area contributed by atoms with Gasteiger partial charge in [-0.05, 0) is 17.9 Å². The summed E-state index contributed by atoms with van der Waals surface area (Å²) in [5, 5.41) is 10.1. The summed E-state index contributed by atoms with van der Waals surface area (Å²) in [6, 6.07) is 9.03. The molecule has 0 spiro atoms. The summed E-state index contributed by atoms with van der Waals surface area (Å²) in [4.78, 5) is 13.9. The van der Waals surface area contributed by atoms with E-state index in [0.717, 1.165) is 6.42 Å². The van der Waals surface area contributed by atoms with E-state index in [-0.39, 0.29) is 11.9 Å². The number of rotatable bonds is 2. The monoisotopic (exact) mass is 248 g/mol. The lowest BCUT2D eigenvalue weighted by Crippen LogP contribution is -2.50. The highest BCUT2D eigenvalue weighted by Crippen LogP contribution is 2.20. The lowest BCUT2D eigenvalue weighted by Gasteiger charge is -2.35. The minimum absolute atomic E-state index is 0.0145. The van der Waals surface area contributed by atoms with Crippen LogP contribution in [0.5, 0.6) is 0 Å². The topological polar surface area (TPSA) is 66.6 Å². The van der Waals surface area contributed by atoms with Crippen molar-refractivity contribution in [2.24, 2.45) is 11.7 Å². The molecule has 4 nitrogen and oxygen atoms in total. The fourth-order valence-corrected chi connectivity index (χ4v) is 2.53. The molecule has 3 N–H and O–H groups in total. The van der Waals surface area contributed by atoms with Gasteiger partial charge < -0.3 is 15.7 Å². The second-order valence-corrected chi connectivity index (χ2v) is 5.16. The van der Waals surface area contributed by atoms with Gasteiger partial charge in [0.1, 0.15) is 0 Å². The van der Waals surface area contributed by atoms with Crippen LogP contribution < -0.4 is 5.73 Å². The highest BCUT2D eigenvalue weighted by atomic mass is 16.3. The van der Waals surface area contributed by atoms with Crippen LogP contribution in [0.15, 0.2) is 30.3 Å². The molecule has 1 heterocycles. The maximum atomic E-state index is 12.2. The van der Waals surface area contributed by atoms with Gasteiger partial charge >= 0.3 is 0 Å². The van der Waals surface area contributed by atoms with Gasteiger partial charge in [0.25, 0.3) is 5.91 Å². The minimum atomic E-state index is -1.08. The van der Waals surface area contributed by atoms with Gasteiger partial charge in [-0.25, -0.2) is 0 Å². The molecule has 1 saturated heterocycles. The normalized spacial score (nSPS) is 25.8. The van der Waals surface area contributed by atoms with Crippen molar-refractivity contribution in [2.75, 3.05) is 13.1 Å². The Morgan fingerprint density at radius 2 is 2.06 bits per heavy atom. The average molecular weight is 248 g/mol. The number of benzene rings is 1. The van der Waals surface area contributed by atoms with Crippen molar-refractivity contribution >= 4 is 5.91 Å². The summed E-state index contributed by atoms with van der Waals surface area (Å²) in [5.41, 5.74) is 6.55. The van der Waals surface area contributed by atoms with E-state index in [2.05, 4.69) is 6.92 Å². The summed E-state index contributed by atoms with van der Waals surface area (Å²) in [7, 11) is 0. The van der Waals surface area contributed by atoms with Crippen LogP contribution >= 0.6 is 0 Å². The van der Waals surface area contributed by atoms with E-state index in [0.29, 0.717) is 24.6 Å². The first kappa shape index (κ1) is 13.1. The van der Waals surface area contributed by atoms with Crippen LogP contribution in [-0.2, 0) is 4.79 Å². The minimum Gasteiger partial charge on any atom is -0.378 e. The molecule has 1 amide bonds. The molecule has 1 aliphatic rings. The van der Waals surface area contributed by atoms with Gasteiger partial charge in [-0.1, -0.05) is 37.3 Å². The van der Waals surface area contributed by atoms with Crippen LogP contribution in [0.25, 0.3) is 0 Å². The molecule has 1 aliphatic heterocycles. The van der Waals surface area contributed by atoms with Crippen molar-refractivity contribution in [2.45, 2.75) is 25.5 Å². The zero-order valence-electron chi connectivity index (χ0n) is 10.6. The van der Waals surface area contributed by atoms with Gasteiger partial charge in [-0.3, -0.25) is 4.79 Å². The zero-order chi connectivity index (χ0) is 13.1. The predicted octanol–water partition coefficient (Wildman–Crippen LogP) is 0.916. The van der Waals surface area contributed by atoms with E-state index >= 15 is 0 Å². The van der Waals surface area contributed by atoms with Crippen LogP contribution in [0, 0.1) is 5.92 Å². The van der Waals surface area contributed by atoms with E-state index in [1.165, 1.54) is 0 Å². The third-order valence-corrected chi connectivity index (χ3v) is 3.35. The highest BCUT2D eigenvalue weighted by molar-refractivity contribution is 5.82. The predicted molar refractivity (Wildman–Crippen MR) is 69.7 cm³/mol. The van der Waals surface area contributed by atoms with Crippen molar-refractivity contribution in [3.8, 4) is 0 Å². The first-order valence-corrected chi connectivity index (χ1v) is 6.35. The molecule has 1 fully saturated rings. The molecule has 0 radical (unpaired) electrons. The van der Waals surface area contributed by atoms with E-state index in [1.54, 1.807) is 17.0 Å². The Hall–Kier alpha value is -1.39. The summed E-state index contributed by atoms with van der Waals surface area (Å²) in [5.74, 6) is 0.142. The zero-order valence-corrected chi connectivity index (χ0v) is 10.6. The summed E-state index contributed by atoms with van der Waals surface area (Å²) < 4.78 is 0. The molecule has 3 unspecified atom stereocenters. The van der Waals surface area contributed by atoms with Crippen molar-refractivity contribution in [3.05, 3.63) is 35.9 Å². The van der Waals surface area contributed by atoms with Gasteiger partial charge in [0.05, 0.1) is 0 Å². The third kappa shape index (κ3) is 2.89. The first-order valence-electron chi connectivity index (χ1n) is 6.35. The number of nitrogens with zero attached hydrogens (tertiary/aromatic N) is 1. The number of carbonyl (C=O) groups is 1. The van der Waals surface area contributed by atoms with Crippen molar-refractivity contribution in [3.63, 3.8) is 0 Å². The molecule has 0 saturated carbocycles. The molecule has 1 aromatic carbocycles. The van der Waals surface area contributed by atoms with Crippen LogP contribution in [0.2, 0.25) is 0 Å². The van der Waals surface area contributed by atoms with Crippen molar-refractivity contribution in [1.82, 2.24) is 4.90 Å². The largest absolute Gasteiger partial charge is 0.378 e. The molecule has 18 heavy (non-hydrogen) atoms. The summed E-state index contributed by atoms with van der Waals surface area (Å²) >= 11 is 0. The molecular formula is C14H20N2O2. The van der Waals surface area contributed by atoms with Crippen LogP contribution in [0.1, 0.15) is 25.0 Å². The maximum absolute atomic E-state index is 12.2. The lowest BCUT2D eigenvalue weighted by molar-refractivity contribution is -0.142. The van der Waals surface area contributed by atoms with E-state index < -0.39 is 6.10 Å².